The number of aliphatic carboxylic acids is 1. The number of hydrogen-bond acceptors (Lipinski definition) is 6. The summed E-state index contributed by atoms with van der Waals surface area (Å²) in [6.07, 6.45) is 0.837. The standard InChI is InChI=1S/C24H23ClN2O5S/c1-15-21(33-14-26-15)9-11-31-24(30)27-10-8-16-4-2-3-5-18(16)23(27)19-12-17(25)6-7-20(19)32-13-22(28)29/h2-7,12,14,23H,8-11,13H2,1H3,(H,28,29)/t23-/m0/s1. The molecule has 0 bridgehead atoms. The van der Waals surface area contributed by atoms with Crippen LogP contribution in [0.5, 0.6) is 5.75 Å². The zero-order valence-electron chi connectivity index (χ0n) is 18.0. The van der Waals surface area contributed by atoms with Gasteiger partial charge in [0.15, 0.2) is 6.61 Å². The van der Waals surface area contributed by atoms with Crippen molar-refractivity contribution >= 4 is 35.0 Å². The van der Waals surface area contributed by atoms with E-state index in [-0.39, 0.29) is 6.61 Å². The molecule has 2 aromatic carbocycles. The van der Waals surface area contributed by atoms with Gasteiger partial charge >= 0.3 is 12.1 Å². The average Bonchev–Trinajstić information content (AvgIpc) is 3.21. The van der Waals surface area contributed by atoms with Gasteiger partial charge in [-0.05, 0) is 42.7 Å². The molecule has 0 spiro atoms. The number of carbonyl (C=O) groups is 2. The summed E-state index contributed by atoms with van der Waals surface area (Å²) >= 11 is 7.84. The van der Waals surface area contributed by atoms with Gasteiger partial charge in [-0.2, -0.15) is 0 Å². The Morgan fingerprint density at radius 2 is 2.06 bits per heavy atom. The Kier molecular flexibility index (Phi) is 7.15. The summed E-state index contributed by atoms with van der Waals surface area (Å²) in [4.78, 5) is 31.3. The molecule has 2 heterocycles. The lowest BCUT2D eigenvalue weighted by Crippen LogP contribution is -2.41. The van der Waals surface area contributed by atoms with Crippen LogP contribution in [0.25, 0.3) is 0 Å². The highest BCUT2D eigenvalue weighted by molar-refractivity contribution is 7.09. The molecule has 3 aromatic rings. The van der Waals surface area contributed by atoms with Crippen molar-refractivity contribution in [3.63, 3.8) is 0 Å². The largest absolute Gasteiger partial charge is 0.482 e. The lowest BCUT2D eigenvalue weighted by atomic mass is 9.88. The molecule has 9 heteroatoms. The van der Waals surface area contributed by atoms with Gasteiger partial charge < -0.3 is 14.6 Å². The number of aryl methyl sites for hydroxylation is 1. The molecule has 0 saturated carbocycles. The molecule has 0 aliphatic carbocycles. The highest BCUT2D eigenvalue weighted by atomic mass is 35.5. The van der Waals surface area contributed by atoms with E-state index in [0.717, 1.165) is 21.7 Å². The molecule has 7 nitrogen and oxygen atoms in total. The van der Waals surface area contributed by atoms with Gasteiger partial charge in [-0.1, -0.05) is 35.9 Å². The average molecular weight is 487 g/mol. The van der Waals surface area contributed by atoms with Crippen LogP contribution in [0, 0.1) is 6.92 Å². The molecule has 0 fully saturated rings. The molecule has 1 amide bonds. The van der Waals surface area contributed by atoms with Crippen molar-refractivity contribution in [2.45, 2.75) is 25.8 Å². The number of thiazole rings is 1. The molecule has 1 aliphatic rings. The Labute approximate surface area is 200 Å². The lowest BCUT2D eigenvalue weighted by molar-refractivity contribution is -0.139. The van der Waals surface area contributed by atoms with Crippen molar-refractivity contribution < 1.29 is 24.2 Å². The predicted octanol–water partition coefficient (Wildman–Crippen LogP) is 4.90. The highest BCUT2D eigenvalue weighted by Crippen LogP contribution is 2.40. The first-order valence-corrected chi connectivity index (χ1v) is 11.7. The first-order valence-electron chi connectivity index (χ1n) is 10.5. The highest BCUT2D eigenvalue weighted by Gasteiger charge is 2.35. The summed E-state index contributed by atoms with van der Waals surface area (Å²) in [5.41, 5.74) is 5.38. The number of halogens is 1. The van der Waals surface area contributed by atoms with Crippen molar-refractivity contribution in [3.8, 4) is 5.75 Å². The molecule has 1 aromatic heterocycles. The van der Waals surface area contributed by atoms with Crippen molar-refractivity contribution in [2.24, 2.45) is 0 Å². The Morgan fingerprint density at radius 3 is 2.82 bits per heavy atom. The van der Waals surface area contributed by atoms with E-state index in [1.54, 1.807) is 39.9 Å². The van der Waals surface area contributed by atoms with Gasteiger partial charge in [0.2, 0.25) is 0 Å². The minimum Gasteiger partial charge on any atom is -0.482 e. The van der Waals surface area contributed by atoms with E-state index in [0.29, 0.717) is 35.7 Å². The van der Waals surface area contributed by atoms with Crippen molar-refractivity contribution in [3.05, 3.63) is 80.3 Å². The maximum atomic E-state index is 13.2. The van der Waals surface area contributed by atoms with E-state index in [2.05, 4.69) is 4.98 Å². The van der Waals surface area contributed by atoms with Crippen LogP contribution in [-0.2, 0) is 22.4 Å². The van der Waals surface area contributed by atoms with Crippen LogP contribution in [0.3, 0.4) is 0 Å². The zero-order valence-corrected chi connectivity index (χ0v) is 19.6. The number of carboxylic acids is 1. The van der Waals surface area contributed by atoms with Crippen molar-refractivity contribution in [1.29, 1.82) is 0 Å². The summed E-state index contributed by atoms with van der Waals surface area (Å²) in [7, 11) is 0. The maximum absolute atomic E-state index is 13.2. The van der Waals surface area contributed by atoms with E-state index in [1.807, 2.05) is 31.2 Å². The Bertz CT molecular complexity index is 1170. The van der Waals surface area contributed by atoms with E-state index in [9.17, 15) is 9.59 Å². The maximum Gasteiger partial charge on any atom is 0.410 e. The first-order chi connectivity index (χ1) is 15.9. The number of carbonyl (C=O) groups excluding carboxylic acids is 1. The molecule has 1 N–H and O–H groups in total. The fourth-order valence-electron chi connectivity index (χ4n) is 3.98. The fraction of sp³-hybridized carbons (Fsp3) is 0.292. The molecule has 172 valence electrons. The smallest absolute Gasteiger partial charge is 0.410 e. The zero-order chi connectivity index (χ0) is 23.4. The molecule has 1 atom stereocenters. The van der Waals surface area contributed by atoms with Crippen molar-refractivity contribution in [2.75, 3.05) is 19.8 Å². The SMILES string of the molecule is Cc1ncsc1CCOC(=O)N1CCc2ccccc2[C@H]1c1cc(Cl)ccc1OCC(=O)O. The first kappa shape index (κ1) is 23.1. The number of fused-ring (bicyclic) bond motifs is 1. The number of rotatable bonds is 7. The second kappa shape index (κ2) is 10.2. The molecule has 0 saturated heterocycles. The fourth-order valence-corrected chi connectivity index (χ4v) is 4.93. The van der Waals surface area contributed by atoms with Gasteiger partial charge in [-0.25, -0.2) is 14.6 Å². The van der Waals surface area contributed by atoms with E-state index < -0.39 is 24.7 Å². The molecular formula is C24H23ClN2O5S. The summed E-state index contributed by atoms with van der Waals surface area (Å²) < 4.78 is 11.2. The molecule has 4 rings (SSSR count). The Hall–Kier alpha value is -3.10. The van der Waals surface area contributed by atoms with Crippen LogP contribution >= 0.6 is 22.9 Å². The van der Waals surface area contributed by atoms with Gasteiger partial charge in [0.25, 0.3) is 0 Å². The lowest BCUT2D eigenvalue weighted by Gasteiger charge is -2.37. The number of amides is 1. The van der Waals surface area contributed by atoms with Gasteiger partial charge in [0.05, 0.1) is 23.9 Å². The van der Waals surface area contributed by atoms with E-state index >= 15 is 0 Å². The second-order valence-corrected chi connectivity index (χ2v) is 9.01. The number of benzene rings is 2. The van der Waals surface area contributed by atoms with Gasteiger partial charge in [0.1, 0.15) is 5.75 Å². The molecule has 1 aliphatic heterocycles. The quantitative estimate of drug-likeness (QED) is 0.511. The van der Waals surface area contributed by atoms with Crippen LogP contribution in [0.15, 0.2) is 48.0 Å². The van der Waals surface area contributed by atoms with E-state index in [4.69, 9.17) is 26.2 Å². The molecule has 0 unspecified atom stereocenters. The third kappa shape index (κ3) is 5.29. The summed E-state index contributed by atoms with van der Waals surface area (Å²) in [6, 6.07) is 12.3. The van der Waals surface area contributed by atoms with Crippen LogP contribution in [0.2, 0.25) is 5.02 Å². The second-order valence-electron chi connectivity index (χ2n) is 7.63. The van der Waals surface area contributed by atoms with Crippen LogP contribution < -0.4 is 4.74 Å². The predicted molar refractivity (Wildman–Crippen MR) is 125 cm³/mol. The molecule has 0 radical (unpaired) electrons. The number of nitrogens with zero attached hydrogens (tertiary/aromatic N) is 2. The van der Waals surface area contributed by atoms with Gasteiger partial charge in [0, 0.05) is 28.4 Å². The van der Waals surface area contributed by atoms with Gasteiger partial charge in [-0.15, -0.1) is 11.3 Å². The van der Waals surface area contributed by atoms with Gasteiger partial charge in [-0.3, -0.25) is 4.90 Å². The monoisotopic (exact) mass is 486 g/mol. The third-order valence-electron chi connectivity index (χ3n) is 5.53. The Morgan fingerprint density at radius 1 is 1.24 bits per heavy atom. The molecular weight excluding hydrogens is 464 g/mol. The number of aromatic nitrogens is 1. The van der Waals surface area contributed by atoms with Crippen molar-refractivity contribution in [1.82, 2.24) is 9.88 Å². The number of carboxylic acid groups (broad SMARTS) is 1. The summed E-state index contributed by atoms with van der Waals surface area (Å²) in [5, 5.41) is 9.55. The number of ether oxygens (including phenoxy) is 2. The minimum atomic E-state index is -1.09. The normalized spacial score (nSPS) is 15.1. The van der Waals surface area contributed by atoms with Crippen LogP contribution in [-0.4, -0.2) is 46.8 Å². The van der Waals surface area contributed by atoms with Crippen LogP contribution in [0.4, 0.5) is 4.79 Å². The topological polar surface area (TPSA) is 89.0 Å². The Balaban J connectivity index is 1.63. The third-order valence-corrected chi connectivity index (χ3v) is 6.76. The van der Waals surface area contributed by atoms with E-state index in [1.165, 1.54) is 0 Å². The number of hydrogen-bond donors (Lipinski definition) is 1. The van der Waals surface area contributed by atoms with Crippen LogP contribution in [0.1, 0.15) is 33.3 Å². The summed E-state index contributed by atoms with van der Waals surface area (Å²) in [6.45, 7) is 2.13. The summed E-state index contributed by atoms with van der Waals surface area (Å²) in [5.74, 6) is -0.726. The minimum absolute atomic E-state index is 0.241. The molecule has 33 heavy (non-hydrogen) atoms.